The first-order chi connectivity index (χ1) is 15.7. The normalized spacial score (nSPS) is 17.0. The second-order valence-corrected chi connectivity index (χ2v) is 10.3. The van der Waals surface area contributed by atoms with E-state index in [0.717, 1.165) is 36.4 Å². The molecule has 1 aliphatic carbocycles. The lowest BCUT2D eigenvalue weighted by Crippen LogP contribution is -2.45. The molecule has 33 heavy (non-hydrogen) atoms. The third kappa shape index (κ3) is 7.58. The number of amides is 1. The molecule has 0 aromatic heterocycles. The molecule has 1 saturated carbocycles. The number of fused-ring (bicyclic) bond motifs is 1. The highest BCUT2D eigenvalue weighted by Crippen LogP contribution is 2.39. The van der Waals surface area contributed by atoms with Crippen molar-refractivity contribution in [1.82, 2.24) is 9.62 Å². The van der Waals surface area contributed by atoms with Gasteiger partial charge in [-0.3, -0.25) is 9.52 Å². The average Bonchev–Trinajstić information content (AvgIpc) is 3.64. The first kappa shape index (κ1) is 27.4. The van der Waals surface area contributed by atoms with Gasteiger partial charge < -0.3 is 4.90 Å². The lowest BCUT2D eigenvalue weighted by Gasteiger charge is -2.40. The Balaban J connectivity index is 0.000000714. The van der Waals surface area contributed by atoms with Crippen molar-refractivity contribution >= 4 is 17.9 Å². The van der Waals surface area contributed by atoms with Crippen LogP contribution in [0.3, 0.4) is 0 Å². The lowest BCUT2D eigenvalue weighted by atomic mass is 9.78. The Labute approximate surface area is 204 Å². The fourth-order valence-electron chi connectivity index (χ4n) is 3.93. The second-order valence-electron chi connectivity index (χ2n) is 9.37. The first-order valence-electron chi connectivity index (χ1n) is 12.3. The molecule has 0 radical (unpaired) electrons. The maximum atomic E-state index is 13.1. The quantitative estimate of drug-likeness (QED) is 0.453. The summed E-state index contributed by atoms with van der Waals surface area (Å²) < 4.78 is 16.6. The molecule has 1 aliphatic heterocycles. The monoisotopic (exact) mass is 472 g/mol. The van der Waals surface area contributed by atoms with Crippen LogP contribution in [0.1, 0.15) is 90.5 Å². The van der Waals surface area contributed by atoms with Crippen LogP contribution in [0.4, 0.5) is 4.39 Å². The van der Waals surface area contributed by atoms with Crippen molar-refractivity contribution in [2.24, 2.45) is 5.92 Å². The van der Waals surface area contributed by atoms with E-state index in [1.165, 1.54) is 29.7 Å². The predicted molar refractivity (Wildman–Crippen MR) is 139 cm³/mol. The van der Waals surface area contributed by atoms with Crippen LogP contribution in [-0.4, -0.2) is 17.4 Å². The lowest BCUT2D eigenvalue weighted by molar-refractivity contribution is -0.134. The van der Waals surface area contributed by atoms with E-state index in [2.05, 4.69) is 57.5 Å². The molecule has 0 bridgehead atoms. The van der Waals surface area contributed by atoms with E-state index >= 15 is 0 Å². The maximum absolute atomic E-state index is 13.1. The van der Waals surface area contributed by atoms with Crippen LogP contribution in [-0.2, 0) is 16.8 Å². The number of nitrogens with one attached hydrogen (secondary N) is 1. The van der Waals surface area contributed by atoms with Crippen molar-refractivity contribution < 1.29 is 9.18 Å². The molecule has 2 aromatic rings. The average molecular weight is 473 g/mol. The van der Waals surface area contributed by atoms with Crippen LogP contribution in [0.25, 0.3) is 0 Å². The summed E-state index contributed by atoms with van der Waals surface area (Å²) in [6.07, 6.45) is 3.35. The highest BCUT2D eigenvalue weighted by molar-refractivity contribution is 7.97. The number of benzene rings is 2. The summed E-state index contributed by atoms with van der Waals surface area (Å²) in [5.74, 6) is 0.381. The topological polar surface area (TPSA) is 32.3 Å². The van der Waals surface area contributed by atoms with Crippen LogP contribution in [0.2, 0.25) is 0 Å². The van der Waals surface area contributed by atoms with Crippen molar-refractivity contribution in [2.75, 3.05) is 6.54 Å². The van der Waals surface area contributed by atoms with E-state index in [1.807, 2.05) is 30.9 Å². The summed E-state index contributed by atoms with van der Waals surface area (Å²) >= 11 is 1.60. The van der Waals surface area contributed by atoms with E-state index in [-0.39, 0.29) is 23.2 Å². The standard InChI is InChI=1S/C23H27FN2OS.C3H8.C2H6/c1-15(16-6-9-19(24)10-7-16)25-28-20-11-8-18-13-26(22(27)17-4-5-17)14-23(2,3)21(18)12-20;1-3-2;1-2/h6-12,15,17,25H,4-5,13-14H2,1-3H3;3H2,1-2H3;1-2H3. The van der Waals surface area contributed by atoms with Crippen LogP contribution < -0.4 is 4.72 Å². The molecule has 1 heterocycles. The number of rotatable bonds is 5. The first-order valence-corrected chi connectivity index (χ1v) is 13.2. The SMILES string of the molecule is CC.CC(NSc1ccc2c(c1)C(C)(C)CN(C(=O)C1CC1)C2)c1ccc(F)cc1.CCC. The minimum atomic E-state index is -0.213. The molecule has 1 N–H and O–H groups in total. The number of nitrogens with zero attached hydrogens (tertiary/aromatic N) is 1. The highest BCUT2D eigenvalue weighted by atomic mass is 32.2. The van der Waals surface area contributed by atoms with Crippen molar-refractivity contribution in [3.05, 3.63) is 65.0 Å². The zero-order chi connectivity index (χ0) is 24.6. The minimum absolute atomic E-state index is 0.0583. The minimum Gasteiger partial charge on any atom is -0.337 e. The number of hydrogen-bond donors (Lipinski definition) is 1. The number of halogens is 1. The molecule has 1 amide bonds. The van der Waals surface area contributed by atoms with Gasteiger partial charge in [-0.15, -0.1) is 0 Å². The van der Waals surface area contributed by atoms with Crippen molar-refractivity contribution in [3.8, 4) is 0 Å². The molecule has 3 nitrogen and oxygen atoms in total. The Hall–Kier alpha value is -1.85. The van der Waals surface area contributed by atoms with Gasteiger partial charge in [0.25, 0.3) is 0 Å². The van der Waals surface area contributed by atoms with Crippen molar-refractivity contribution in [3.63, 3.8) is 0 Å². The van der Waals surface area contributed by atoms with Gasteiger partial charge in [-0.05, 0) is 72.7 Å². The van der Waals surface area contributed by atoms with Gasteiger partial charge in [-0.2, -0.15) is 0 Å². The smallest absolute Gasteiger partial charge is 0.226 e. The third-order valence-electron chi connectivity index (χ3n) is 5.72. The summed E-state index contributed by atoms with van der Waals surface area (Å²) in [4.78, 5) is 15.7. The van der Waals surface area contributed by atoms with Crippen molar-refractivity contribution in [2.45, 2.75) is 90.6 Å². The third-order valence-corrected chi connectivity index (χ3v) is 6.68. The van der Waals surface area contributed by atoms with Crippen molar-refractivity contribution in [1.29, 1.82) is 0 Å². The fourth-order valence-corrected chi connectivity index (χ4v) is 4.69. The molecule has 1 atom stereocenters. The second kappa shape index (κ2) is 12.6. The Morgan fingerprint density at radius 2 is 1.76 bits per heavy atom. The van der Waals surface area contributed by atoms with Crippen LogP contribution in [0, 0.1) is 11.7 Å². The molecule has 2 aromatic carbocycles. The maximum Gasteiger partial charge on any atom is 0.226 e. The van der Waals surface area contributed by atoms with Gasteiger partial charge in [0.15, 0.2) is 0 Å². The summed E-state index contributed by atoms with van der Waals surface area (Å²) in [6, 6.07) is 13.3. The number of hydrogen-bond acceptors (Lipinski definition) is 3. The molecular formula is C28H41FN2OS. The molecule has 0 spiro atoms. The van der Waals surface area contributed by atoms with Gasteiger partial charge in [0.2, 0.25) is 5.91 Å². The van der Waals surface area contributed by atoms with E-state index in [1.54, 1.807) is 11.9 Å². The van der Waals surface area contributed by atoms with Gasteiger partial charge in [0.05, 0.1) is 0 Å². The summed E-state index contributed by atoms with van der Waals surface area (Å²) in [5, 5.41) is 0. The molecule has 182 valence electrons. The molecule has 2 aliphatic rings. The van der Waals surface area contributed by atoms with Gasteiger partial charge in [-0.1, -0.05) is 66.2 Å². The zero-order valence-corrected chi connectivity index (χ0v) is 22.2. The van der Waals surface area contributed by atoms with E-state index < -0.39 is 0 Å². The van der Waals surface area contributed by atoms with E-state index in [9.17, 15) is 9.18 Å². The Kier molecular flexibility index (Phi) is 10.4. The van der Waals surface area contributed by atoms with Crippen LogP contribution >= 0.6 is 11.9 Å². The van der Waals surface area contributed by atoms with Gasteiger partial charge in [0.1, 0.15) is 5.82 Å². The molecule has 0 saturated heterocycles. The van der Waals surface area contributed by atoms with E-state index in [4.69, 9.17) is 0 Å². The Bertz CT molecular complexity index is 893. The van der Waals surface area contributed by atoms with Gasteiger partial charge >= 0.3 is 0 Å². The molecule has 1 fully saturated rings. The predicted octanol–water partition coefficient (Wildman–Crippen LogP) is 7.66. The summed E-state index contributed by atoms with van der Waals surface area (Å²) in [5.41, 5.74) is 3.58. The van der Waals surface area contributed by atoms with E-state index in [0.29, 0.717) is 5.91 Å². The molecule has 5 heteroatoms. The summed E-state index contributed by atoms with van der Waals surface area (Å²) in [7, 11) is 0. The Morgan fingerprint density at radius 3 is 2.33 bits per heavy atom. The largest absolute Gasteiger partial charge is 0.337 e. The highest BCUT2D eigenvalue weighted by Gasteiger charge is 2.39. The van der Waals surface area contributed by atoms with Crippen LogP contribution in [0.5, 0.6) is 0 Å². The molecule has 4 rings (SSSR count). The van der Waals surface area contributed by atoms with Gasteiger partial charge in [-0.25, -0.2) is 4.39 Å². The number of carbonyl (C=O) groups excluding carboxylic acids is 1. The number of carbonyl (C=O) groups is 1. The Morgan fingerprint density at radius 1 is 1.15 bits per heavy atom. The fraction of sp³-hybridized carbons (Fsp3) is 0.536. The molecular weight excluding hydrogens is 431 g/mol. The zero-order valence-electron chi connectivity index (χ0n) is 21.4. The van der Waals surface area contributed by atoms with Gasteiger partial charge in [0, 0.05) is 35.4 Å². The summed E-state index contributed by atoms with van der Waals surface area (Å²) in [6.45, 7) is 16.3. The molecule has 1 unspecified atom stereocenters. The van der Waals surface area contributed by atoms with Crippen LogP contribution in [0.15, 0.2) is 47.4 Å².